The SMILES string of the molecule is c1nc(N2CCC(C3CCCO3)CC2)c2sccc2n1. The van der Waals surface area contributed by atoms with Crippen molar-refractivity contribution in [1.82, 2.24) is 9.97 Å². The minimum atomic E-state index is 0.518. The Balaban J connectivity index is 1.50. The van der Waals surface area contributed by atoms with E-state index in [1.165, 1.54) is 30.4 Å². The highest BCUT2D eigenvalue weighted by atomic mass is 32.1. The second kappa shape index (κ2) is 5.30. The number of aromatic nitrogens is 2. The molecule has 106 valence electrons. The van der Waals surface area contributed by atoms with Gasteiger partial charge in [-0.25, -0.2) is 9.97 Å². The van der Waals surface area contributed by atoms with E-state index in [0.29, 0.717) is 6.10 Å². The summed E-state index contributed by atoms with van der Waals surface area (Å²) in [5, 5.41) is 2.10. The molecule has 2 saturated heterocycles. The van der Waals surface area contributed by atoms with E-state index in [4.69, 9.17) is 4.74 Å². The zero-order valence-electron chi connectivity index (χ0n) is 11.5. The van der Waals surface area contributed by atoms with Crippen LogP contribution >= 0.6 is 11.3 Å². The molecule has 0 N–H and O–H groups in total. The number of rotatable bonds is 2. The predicted octanol–water partition coefficient (Wildman–Crippen LogP) is 3.09. The molecule has 0 aromatic carbocycles. The number of anilines is 1. The third-order valence-electron chi connectivity index (χ3n) is 4.55. The number of hydrogen-bond acceptors (Lipinski definition) is 5. The van der Waals surface area contributed by atoms with Gasteiger partial charge in [0.25, 0.3) is 0 Å². The van der Waals surface area contributed by atoms with Crippen LogP contribution in [0.4, 0.5) is 5.82 Å². The molecule has 4 heterocycles. The molecule has 20 heavy (non-hydrogen) atoms. The first-order valence-corrected chi connectivity index (χ1v) is 8.34. The monoisotopic (exact) mass is 289 g/mol. The summed E-state index contributed by atoms with van der Waals surface area (Å²) in [6.45, 7) is 3.15. The zero-order chi connectivity index (χ0) is 13.4. The lowest BCUT2D eigenvalue weighted by atomic mass is 9.90. The fourth-order valence-electron chi connectivity index (χ4n) is 3.46. The molecule has 4 rings (SSSR count). The van der Waals surface area contributed by atoms with Gasteiger partial charge in [-0.15, -0.1) is 11.3 Å². The summed E-state index contributed by atoms with van der Waals surface area (Å²) in [5.74, 6) is 1.87. The number of hydrogen-bond donors (Lipinski definition) is 0. The first-order valence-electron chi connectivity index (χ1n) is 7.46. The van der Waals surface area contributed by atoms with Crippen LogP contribution in [0.2, 0.25) is 0 Å². The van der Waals surface area contributed by atoms with Crippen LogP contribution < -0.4 is 4.90 Å². The quantitative estimate of drug-likeness (QED) is 0.851. The molecular weight excluding hydrogens is 270 g/mol. The first kappa shape index (κ1) is 12.5. The molecule has 2 aliphatic heterocycles. The van der Waals surface area contributed by atoms with Crippen LogP contribution in [-0.2, 0) is 4.74 Å². The van der Waals surface area contributed by atoms with E-state index < -0.39 is 0 Å². The molecule has 0 amide bonds. The summed E-state index contributed by atoms with van der Waals surface area (Å²) in [7, 11) is 0. The molecule has 5 heteroatoms. The molecule has 2 aromatic rings. The van der Waals surface area contributed by atoms with Gasteiger partial charge in [0.1, 0.15) is 12.1 Å². The van der Waals surface area contributed by atoms with E-state index in [9.17, 15) is 0 Å². The number of piperidine rings is 1. The summed E-state index contributed by atoms with van der Waals surface area (Å²) in [6.07, 6.45) is 7.16. The van der Waals surface area contributed by atoms with Crippen molar-refractivity contribution < 1.29 is 4.74 Å². The van der Waals surface area contributed by atoms with Crippen molar-refractivity contribution in [2.75, 3.05) is 24.6 Å². The highest BCUT2D eigenvalue weighted by molar-refractivity contribution is 7.17. The molecule has 2 aromatic heterocycles. The molecule has 1 unspecified atom stereocenters. The second-order valence-electron chi connectivity index (χ2n) is 5.71. The Morgan fingerprint density at radius 3 is 2.90 bits per heavy atom. The van der Waals surface area contributed by atoms with Crippen LogP contribution in [0.1, 0.15) is 25.7 Å². The molecule has 2 fully saturated rings. The lowest BCUT2D eigenvalue weighted by molar-refractivity contribution is 0.0531. The van der Waals surface area contributed by atoms with Crippen molar-refractivity contribution in [1.29, 1.82) is 0 Å². The van der Waals surface area contributed by atoms with Crippen molar-refractivity contribution in [2.45, 2.75) is 31.8 Å². The van der Waals surface area contributed by atoms with Gasteiger partial charge in [-0.1, -0.05) is 0 Å². The summed E-state index contributed by atoms with van der Waals surface area (Å²) in [4.78, 5) is 11.3. The van der Waals surface area contributed by atoms with Gasteiger partial charge >= 0.3 is 0 Å². The maximum absolute atomic E-state index is 5.85. The Hall–Kier alpha value is -1.20. The largest absolute Gasteiger partial charge is 0.378 e. The predicted molar refractivity (Wildman–Crippen MR) is 81.3 cm³/mol. The van der Waals surface area contributed by atoms with E-state index in [1.54, 1.807) is 17.7 Å². The maximum Gasteiger partial charge on any atom is 0.150 e. The molecule has 0 aliphatic carbocycles. The van der Waals surface area contributed by atoms with Crippen LogP contribution in [0, 0.1) is 5.92 Å². The molecule has 0 radical (unpaired) electrons. The highest BCUT2D eigenvalue weighted by Gasteiger charge is 2.30. The molecule has 1 atom stereocenters. The van der Waals surface area contributed by atoms with Crippen molar-refractivity contribution in [3.63, 3.8) is 0 Å². The third kappa shape index (κ3) is 2.19. The summed E-state index contributed by atoms with van der Waals surface area (Å²) in [6, 6.07) is 2.07. The Labute approximate surface area is 122 Å². The smallest absolute Gasteiger partial charge is 0.150 e. The average molecular weight is 289 g/mol. The molecule has 2 aliphatic rings. The number of thiophene rings is 1. The Morgan fingerprint density at radius 2 is 2.10 bits per heavy atom. The van der Waals surface area contributed by atoms with E-state index in [1.807, 2.05) is 0 Å². The fourth-order valence-corrected chi connectivity index (χ4v) is 4.32. The van der Waals surface area contributed by atoms with Gasteiger partial charge in [-0.3, -0.25) is 0 Å². The summed E-state index contributed by atoms with van der Waals surface area (Å²) < 4.78 is 7.07. The van der Waals surface area contributed by atoms with Gasteiger partial charge in [-0.2, -0.15) is 0 Å². The van der Waals surface area contributed by atoms with Crippen molar-refractivity contribution in [2.24, 2.45) is 5.92 Å². The van der Waals surface area contributed by atoms with E-state index in [0.717, 1.165) is 36.9 Å². The van der Waals surface area contributed by atoms with Gasteiger partial charge in [0.15, 0.2) is 0 Å². The topological polar surface area (TPSA) is 38.2 Å². The molecule has 0 saturated carbocycles. The van der Waals surface area contributed by atoms with Crippen LogP contribution in [-0.4, -0.2) is 35.8 Å². The van der Waals surface area contributed by atoms with E-state index in [2.05, 4.69) is 26.3 Å². The maximum atomic E-state index is 5.85. The minimum absolute atomic E-state index is 0.518. The van der Waals surface area contributed by atoms with Crippen LogP contribution in [0.25, 0.3) is 10.2 Å². The molecule has 4 nitrogen and oxygen atoms in total. The van der Waals surface area contributed by atoms with Crippen LogP contribution in [0.5, 0.6) is 0 Å². The molecule has 0 bridgehead atoms. The standard InChI is InChI=1S/C15H19N3OS/c1-2-13(19-8-1)11-3-6-18(7-4-11)15-14-12(5-9-20-14)16-10-17-15/h5,9-11,13H,1-4,6-8H2. The number of nitrogens with zero attached hydrogens (tertiary/aromatic N) is 3. The Bertz CT molecular complexity index is 586. The van der Waals surface area contributed by atoms with Crippen molar-refractivity contribution in [3.8, 4) is 0 Å². The molecular formula is C15H19N3OS. The van der Waals surface area contributed by atoms with Gasteiger partial charge in [0.2, 0.25) is 0 Å². The lowest BCUT2D eigenvalue weighted by Gasteiger charge is -2.35. The minimum Gasteiger partial charge on any atom is -0.378 e. The van der Waals surface area contributed by atoms with E-state index in [-0.39, 0.29) is 0 Å². The van der Waals surface area contributed by atoms with Crippen molar-refractivity contribution >= 4 is 27.4 Å². The number of fused-ring (bicyclic) bond motifs is 1. The van der Waals surface area contributed by atoms with E-state index >= 15 is 0 Å². The third-order valence-corrected chi connectivity index (χ3v) is 5.45. The highest BCUT2D eigenvalue weighted by Crippen LogP contribution is 2.33. The molecule has 0 spiro atoms. The normalized spacial score (nSPS) is 24.6. The van der Waals surface area contributed by atoms with Gasteiger partial charge in [0, 0.05) is 19.7 Å². The average Bonchev–Trinajstić information content (AvgIpc) is 3.18. The Kier molecular flexibility index (Phi) is 3.32. The second-order valence-corrected chi connectivity index (χ2v) is 6.62. The summed E-state index contributed by atoms with van der Waals surface area (Å²) in [5.41, 5.74) is 1.07. The van der Waals surface area contributed by atoms with Crippen LogP contribution in [0.3, 0.4) is 0 Å². The summed E-state index contributed by atoms with van der Waals surface area (Å²) >= 11 is 1.74. The van der Waals surface area contributed by atoms with Crippen LogP contribution in [0.15, 0.2) is 17.8 Å². The van der Waals surface area contributed by atoms with Gasteiger partial charge in [-0.05, 0) is 43.0 Å². The van der Waals surface area contributed by atoms with Gasteiger partial charge < -0.3 is 9.64 Å². The van der Waals surface area contributed by atoms with Gasteiger partial charge in [0.05, 0.1) is 16.3 Å². The lowest BCUT2D eigenvalue weighted by Crippen LogP contribution is -2.38. The zero-order valence-corrected chi connectivity index (χ0v) is 12.3. The Morgan fingerprint density at radius 1 is 1.20 bits per heavy atom. The fraction of sp³-hybridized carbons (Fsp3) is 0.600. The van der Waals surface area contributed by atoms with Crippen molar-refractivity contribution in [3.05, 3.63) is 17.8 Å². The number of ether oxygens (including phenoxy) is 1. The first-order chi connectivity index (χ1) is 9.92.